The van der Waals surface area contributed by atoms with Crippen molar-refractivity contribution in [1.29, 1.82) is 0 Å². The first kappa shape index (κ1) is 11.5. The fourth-order valence-corrected chi connectivity index (χ4v) is 2.59. The van der Waals surface area contributed by atoms with E-state index in [0.717, 1.165) is 38.2 Å². The molecule has 3 nitrogen and oxygen atoms in total. The van der Waals surface area contributed by atoms with Crippen molar-refractivity contribution in [2.45, 2.75) is 26.3 Å². The van der Waals surface area contributed by atoms with Crippen LogP contribution in [-0.2, 0) is 6.54 Å². The molecule has 3 rings (SSSR count). The van der Waals surface area contributed by atoms with Crippen LogP contribution in [0.25, 0.3) is 17.0 Å². The summed E-state index contributed by atoms with van der Waals surface area (Å²) < 4.78 is 2.09. The Kier molecular flexibility index (Phi) is 3.15. The average Bonchev–Trinajstić information content (AvgIpc) is 2.78. The van der Waals surface area contributed by atoms with Crippen molar-refractivity contribution in [2.24, 2.45) is 0 Å². The summed E-state index contributed by atoms with van der Waals surface area (Å²) in [6.07, 6.45) is 4.58. The number of piperidine rings is 1. The van der Waals surface area contributed by atoms with Gasteiger partial charge in [0.1, 0.15) is 0 Å². The molecule has 1 saturated heterocycles. The van der Waals surface area contributed by atoms with Crippen LogP contribution in [0.5, 0.6) is 0 Å². The summed E-state index contributed by atoms with van der Waals surface area (Å²) in [5.74, 6) is 0. The number of rotatable bonds is 2. The number of nitrogens with one attached hydrogen (secondary N) is 1. The van der Waals surface area contributed by atoms with Crippen molar-refractivity contribution < 1.29 is 0 Å². The molecule has 3 heteroatoms. The summed E-state index contributed by atoms with van der Waals surface area (Å²) in [7, 11) is 0. The van der Waals surface area contributed by atoms with Gasteiger partial charge in [0.05, 0.1) is 11.2 Å². The van der Waals surface area contributed by atoms with Gasteiger partial charge in [-0.25, -0.2) is 0 Å². The zero-order chi connectivity index (χ0) is 12.4. The van der Waals surface area contributed by atoms with Gasteiger partial charge >= 0.3 is 0 Å². The summed E-state index contributed by atoms with van der Waals surface area (Å²) in [5, 5.41) is 9.38. The zero-order valence-electron chi connectivity index (χ0n) is 10.8. The van der Waals surface area contributed by atoms with Crippen molar-refractivity contribution in [2.75, 3.05) is 13.1 Å². The van der Waals surface area contributed by atoms with Gasteiger partial charge in [0.25, 0.3) is 0 Å². The van der Waals surface area contributed by atoms with Crippen molar-refractivity contribution >= 4 is 17.0 Å². The molecule has 0 radical (unpaired) electrons. The first-order valence-electron chi connectivity index (χ1n) is 6.74. The monoisotopic (exact) mass is 241 g/mol. The lowest BCUT2D eigenvalue weighted by atomic mass is 10.0. The van der Waals surface area contributed by atoms with E-state index in [1.54, 1.807) is 0 Å². The van der Waals surface area contributed by atoms with Crippen LogP contribution in [0.1, 0.15) is 25.5 Å². The first-order chi connectivity index (χ1) is 8.88. The zero-order valence-corrected chi connectivity index (χ0v) is 10.8. The maximum absolute atomic E-state index is 4.72. The summed E-state index contributed by atoms with van der Waals surface area (Å²) in [6, 6.07) is 8.49. The molecule has 1 aromatic heterocycles. The molecule has 1 aliphatic heterocycles. The second-order valence-electron chi connectivity index (χ2n) is 4.77. The molecule has 0 atom stereocenters. The third-order valence-corrected chi connectivity index (χ3v) is 3.57. The number of benzene rings is 1. The first-order valence-corrected chi connectivity index (χ1v) is 6.74. The van der Waals surface area contributed by atoms with E-state index < -0.39 is 0 Å². The minimum absolute atomic E-state index is 0.922. The van der Waals surface area contributed by atoms with Crippen molar-refractivity contribution in [3.8, 4) is 0 Å². The predicted molar refractivity (Wildman–Crippen MR) is 75.5 cm³/mol. The maximum Gasteiger partial charge on any atom is 0.0929 e. The quantitative estimate of drug-likeness (QED) is 0.876. The van der Waals surface area contributed by atoms with Crippen LogP contribution in [0.3, 0.4) is 0 Å². The fourth-order valence-electron chi connectivity index (χ4n) is 2.59. The second kappa shape index (κ2) is 4.94. The third kappa shape index (κ3) is 2.06. The van der Waals surface area contributed by atoms with Gasteiger partial charge < -0.3 is 5.32 Å². The Morgan fingerprint density at radius 1 is 1.28 bits per heavy atom. The Labute approximate surface area is 107 Å². The fraction of sp³-hybridized carbons (Fsp3) is 0.400. The minimum atomic E-state index is 0.922. The van der Waals surface area contributed by atoms with E-state index in [-0.39, 0.29) is 0 Å². The highest BCUT2D eigenvalue weighted by Gasteiger charge is 2.09. The van der Waals surface area contributed by atoms with E-state index in [1.807, 2.05) is 0 Å². The van der Waals surface area contributed by atoms with Gasteiger partial charge in [-0.2, -0.15) is 5.10 Å². The molecule has 2 heterocycles. The number of aromatic nitrogens is 2. The van der Waals surface area contributed by atoms with Gasteiger partial charge in [0, 0.05) is 11.9 Å². The van der Waals surface area contributed by atoms with Crippen LogP contribution in [-0.4, -0.2) is 22.9 Å². The highest BCUT2D eigenvalue weighted by atomic mass is 15.3. The SMILES string of the molecule is CCn1nc(C=C2CCNCC2)c2ccccc21. The number of para-hydroxylation sites is 1. The molecule has 94 valence electrons. The van der Waals surface area contributed by atoms with Crippen LogP contribution >= 0.6 is 0 Å². The number of hydrogen-bond acceptors (Lipinski definition) is 2. The Bertz CT molecular complexity index is 572. The van der Waals surface area contributed by atoms with Gasteiger partial charge in [-0.3, -0.25) is 4.68 Å². The van der Waals surface area contributed by atoms with E-state index >= 15 is 0 Å². The van der Waals surface area contributed by atoms with Crippen LogP contribution in [0, 0.1) is 0 Å². The number of aryl methyl sites for hydroxylation is 1. The van der Waals surface area contributed by atoms with E-state index in [9.17, 15) is 0 Å². The summed E-state index contributed by atoms with van der Waals surface area (Å²) in [6.45, 7) is 5.25. The highest BCUT2D eigenvalue weighted by molar-refractivity contribution is 5.87. The molecule has 0 spiro atoms. The molecule has 0 saturated carbocycles. The van der Waals surface area contributed by atoms with E-state index in [1.165, 1.54) is 16.5 Å². The molecular formula is C15H19N3. The van der Waals surface area contributed by atoms with Gasteiger partial charge in [0.15, 0.2) is 0 Å². The number of fused-ring (bicyclic) bond motifs is 1. The summed E-state index contributed by atoms with van der Waals surface area (Å²) >= 11 is 0. The molecule has 0 bridgehead atoms. The van der Waals surface area contributed by atoms with Crippen molar-refractivity contribution in [3.05, 3.63) is 35.5 Å². The number of hydrogen-bond donors (Lipinski definition) is 1. The van der Waals surface area contributed by atoms with Crippen molar-refractivity contribution in [3.63, 3.8) is 0 Å². The Balaban J connectivity index is 2.06. The maximum atomic E-state index is 4.72. The van der Waals surface area contributed by atoms with Crippen LogP contribution in [0.15, 0.2) is 29.8 Å². The largest absolute Gasteiger partial charge is 0.316 e. The van der Waals surface area contributed by atoms with Crippen LogP contribution < -0.4 is 5.32 Å². The molecular weight excluding hydrogens is 222 g/mol. The molecule has 1 aromatic carbocycles. The smallest absolute Gasteiger partial charge is 0.0929 e. The molecule has 0 amide bonds. The molecule has 18 heavy (non-hydrogen) atoms. The molecule has 0 aliphatic carbocycles. The molecule has 2 aromatic rings. The van der Waals surface area contributed by atoms with Gasteiger partial charge in [-0.15, -0.1) is 0 Å². The average molecular weight is 241 g/mol. The highest BCUT2D eigenvalue weighted by Crippen LogP contribution is 2.22. The van der Waals surface area contributed by atoms with E-state index in [4.69, 9.17) is 5.10 Å². The Morgan fingerprint density at radius 2 is 2.06 bits per heavy atom. The van der Waals surface area contributed by atoms with E-state index in [2.05, 4.69) is 47.3 Å². The van der Waals surface area contributed by atoms with Gasteiger partial charge in [-0.05, 0) is 45.0 Å². The molecule has 0 unspecified atom stereocenters. The lowest BCUT2D eigenvalue weighted by Crippen LogP contribution is -2.22. The number of nitrogens with zero attached hydrogens (tertiary/aromatic N) is 2. The lowest BCUT2D eigenvalue weighted by molar-refractivity contribution is 0.612. The van der Waals surface area contributed by atoms with Crippen LogP contribution in [0.2, 0.25) is 0 Å². The predicted octanol–water partition coefficient (Wildman–Crippen LogP) is 2.82. The standard InChI is InChI=1S/C15H19N3/c1-2-18-15-6-4-3-5-13(15)14(17-18)11-12-7-9-16-10-8-12/h3-6,11,16H,2,7-10H2,1H3. The van der Waals surface area contributed by atoms with Gasteiger partial charge in [-0.1, -0.05) is 23.8 Å². The molecule has 1 aliphatic rings. The summed E-state index contributed by atoms with van der Waals surface area (Å²) in [4.78, 5) is 0. The van der Waals surface area contributed by atoms with E-state index in [0.29, 0.717) is 0 Å². The van der Waals surface area contributed by atoms with Gasteiger partial charge in [0.2, 0.25) is 0 Å². The van der Waals surface area contributed by atoms with Crippen molar-refractivity contribution in [1.82, 2.24) is 15.1 Å². The molecule has 1 N–H and O–H groups in total. The Hall–Kier alpha value is -1.61. The van der Waals surface area contributed by atoms with Crippen LogP contribution in [0.4, 0.5) is 0 Å². The third-order valence-electron chi connectivity index (χ3n) is 3.57. The topological polar surface area (TPSA) is 29.9 Å². The molecule has 1 fully saturated rings. The normalized spacial score (nSPS) is 16.2. The lowest BCUT2D eigenvalue weighted by Gasteiger charge is -2.14. The summed E-state index contributed by atoms with van der Waals surface area (Å²) in [5.41, 5.74) is 3.88. The minimum Gasteiger partial charge on any atom is -0.316 e. The Morgan fingerprint density at radius 3 is 2.83 bits per heavy atom. The second-order valence-corrected chi connectivity index (χ2v) is 4.77.